The monoisotopic (exact) mass is 427 g/mol. The third-order valence-electron chi connectivity index (χ3n) is 4.91. The largest absolute Gasteiger partial charge is 0.496 e. The molecule has 0 heterocycles. The van der Waals surface area contributed by atoms with E-state index in [1.807, 2.05) is 0 Å². The van der Waals surface area contributed by atoms with Gasteiger partial charge in [-0.3, -0.25) is 4.79 Å². The zero-order valence-corrected chi connectivity index (χ0v) is 17.4. The maximum Gasteiger partial charge on any atom is 0.426 e. The molecule has 0 saturated heterocycles. The molecule has 164 valence electrons. The molecule has 1 unspecified atom stereocenters. The van der Waals surface area contributed by atoms with Crippen molar-refractivity contribution in [3.63, 3.8) is 0 Å². The van der Waals surface area contributed by atoms with Gasteiger partial charge in [0.2, 0.25) is 5.60 Å². The van der Waals surface area contributed by atoms with Gasteiger partial charge in [0.15, 0.2) is 0 Å². The third kappa shape index (κ3) is 4.92. The van der Waals surface area contributed by atoms with Crippen molar-refractivity contribution in [3.05, 3.63) is 58.9 Å². The molecule has 2 rings (SSSR count). The zero-order chi connectivity index (χ0) is 22.9. The molecule has 0 spiro atoms. The summed E-state index contributed by atoms with van der Waals surface area (Å²) < 4.78 is 60.6. The van der Waals surface area contributed by atoms with Crippen LogP contribution in [0.2, 0.25) is 0 Å². The number of ether oxygens (including phenoxy) is 1. The minimum Gasteiger partial charge on any atom is -0.496 e. The molecule has 0 bridgehead atoms. The SMILES string of the molecule is COc1ccc(F)cc1C(C)(C)CC(O)(C(=O)Nc1cc(C)cc(C)c1)C(F)(F)F. The second-order valence-electron chi connectivity index (χ2n) is 8.09. The Balaban J connectivity index is 2.46. The Kier molecular flexibility index (Phi) is 6.51. The topological polar surface area (TPSA) is 58.6 Å². The van der Waals surface area contributed by atoms with E-state index in [1.165, 1.54) is 39.2 Å². The van der Waals surface area contributed by atoms with Crippen molar-refractivity contribution >= 4 is 11.6 Å². The molecule has 2 aromatic rings. The smallest absolute Gasteiger partial charge is 0.426 e. The molecule has 30 heavy (non-hydrogen) atoms. The Bertz CT molecular complexity index is 920. The third-order valence-corrected chi connectivity index (χ3v) is 4.91. The normalized spacial score (nSPS) is 14.2. The number of aliphatic hydroxyl groups is 1. The molecule has 0 radical (unpaired) electrons. The van der Waals surface area contributed by atoms with Gasteiger partial charge in [0, 0.05) is 17.7 Å². The lowest BCUT2D eigenvalue weighted by molar-refractivity contribution is -0.254. The van der Waals surface area contributed by atoms with Crippen LogP contribution in [-0.2, 0) is 10.2 Å². The number of halogens is 4. The summed E-state index contributed by atoms with van der Waals surface area (Å²) >= 11 is 0. The van der Waals surface area contributed by atoms with E-state index >= 15 is 0 Å². The number of rotatable bonds is 6. The van der Waals surface area contributed by atoms with Crippen LogP contribution < -0.4 is 10.1 Å². The standard InChI is InChI=1S/C22H25F4NO3/c1-13-8-14(2)10-16(9-13)27-19(28)21(29,22(24,25)26)12-20(3,4)17-11-15(23)6-7-18(17)30-5/h6-11,29H,12H2,1-5H3,(H,27,28). The first kappa shape index (κ1) is 23.7. The van der Waals surface area contributed by atoms with E-state index in [0.717, 1.165) is 23.3 Å². The molecule has 0 aliphatic heterocycles. The van der Waals surface area contributed by atoms with Crippen LogP contribution in [0.1, 0.15) is 37.0 Å². The molecule has 8 heteroatoms. The van der Waals surface area contributed by atoms with Crippen molar-refractivity contribution in [1.82, 2.24) is 0 Å². The first-order valence-electron chi connectivity index (χ1n) is 9.22. The highest BCUT2D eigenvalue weighted by Gasteiger charge is 2.61. The zero-order valence-electron chi connectivity index (χ0n) is 17.4. The van der Waals surface area contributed by atoms with Crippen LogP contribution in [0, 0.1) is 19.7 Å². The van der Waals surface area contributed by atoms with Crippen molar-refractivity contribution in [3.8, 4) is 5.75 Å². The molecule has 0 aromatic heterocycles. The second kappa shape index (κ2) is 8.26. The lowest BCUT2D eigenvalue weighted by Crippen LogP contribution is -2.57. The molecule has 2 N–H and O–H groups in total. The van der Waals surface area contributed by atoms with E-state index in [2.05, 4.69) is 5.32 Å². The minimum absolute atomic E-state index is 0.104. The number of benzene rings is 2. The number of hydrogen-bond donors (Lipinski definition) is 2. The average Bonchev–Trinajstić information content (AvgIpc) is 2.59. The first-order chi connectivity index (χ1) is 13.7. The Morgan fingerprint density at radius 2 is 1.63 bits per heavy atom. The minimum atomic E-state index is -5.27. The summed E-state index contributed by atoms with van der Waals surface area (Å²) in [5.74, 6) is -2.13. The highest BCUT2D eigenvalue weighted by molar-refractivity contribution is 5.98. The van der Waals surface area contributed by atoms with Crippen molar-refractivity contribution in [2.45, 2.75) is 51.3 Å². The van der Waals surface area contributed by atoms with Gasteiger partial charge in [-0.1, -0.05) is 19.9 Å². The van der Waals surface area contributed by atoms with Gasteiger partial charge in [0.1, 0.15) is 11.6 Å². The van der Waals surface area contributed by atoms with E-state index in [4.69, 9.17) is 4.74 Å². The average molecular weight is 427 g/mol. The van der Waals surface area contributed by atoms with Crippen molar-refractivity contribution < 1.29 is 32.2 Å². The number of nitrogens with one attached hydrogen (secondary N) is 1. The lowest BCUT2D eigenvalue weighted by Gasteiger charge is -2.37. The number of amides is 1. The van der Waals surface area contributed by atoms with Crippen LogP contribution in [0.25, 0.3) is 0 Å². The van der Waals surface area contributed by atoms with Gasteiger partial charge < -0.3 is 15.2 Å². The Hall–Kier alpha value is -2.61. The molecule has 1 atom stereocenters. The molecular formula is C22H25F4NO3. The quantitative estimate of drug-likeness (QED) is 0.635. The van der Waals surface area contributed by atoms with Crippen molar-refractivity contribution in [2.24, 2.45) is 0 Å². The van der Waals surface area contributed by atoms with E-state index in [-0.39, 0.29) is 17.0 Å². The summed E-state index contributed by atoms with van der Waals surface area (Å²) in [5, 5.41) is 12.7. The van der Waals surface area contributed by atoms with Crippen LogP contribution in [0.3, 0.4) is 0 Å². The maximum absolute atomic E-state index is 13.9. The summed E-state index contributed by atoms with van der Waals surface area (Å²) in [7, 11) is 1.30. The fraction of sp³-hybridized carbons (Fsp3) is 0.409. The highest BCUT2D eigenvalue weighted by atomic mass is 19.4. The van der Waals surface area contributed by atoms with Gasteiger partial charge in [0.25, 0.3) is 5.91 Å². The van der Waals surface area contributed by atoms with Gasteiger partial charge in [-0.15, -0.1) is 0 Å². The Labute approximate surface area is 172 Å². The van der Waals surface area contributed by atoms with Crippen LogP contribution in [0.5, 0.6) is 5.75 Å². The van der Waals surface area contributed by atoms with Crippen molar-refractivity contribution in [2.75, 3.05) is 12.4 Å². The van der Waals surface area contributed by atoms with Gasteiger partial charge >= 0.3 is 6.18 Å². The molecular weight excluding hydrogens is 402 g/mol. The summed E-state index contributed by atoms with van der Waals surface area (Å²) in [5.41, 5.74) is -3.45. The molecule has 2 aromatic carbocycles. The van der Waals surface area contributed by atoms with Gasteiger partial charge in [-0.05, 0) is 60.7 Å². The van der Waals surface area contributed by atoms with E-state index in [0.29, 0.717) is 0 Å². The van der Waals surface area contributed by atoms with Gasteiger partial charge in [-0.25, -0.2) is 4.39 Å². The first-order valence-corrected chi connectivity index (χ1v) is 9.22. The Morgan fingerprint density at radius 3 is 2.13 bits per heavy atom. The lowest BCUT2D eigenvalue weighted by atomic mass is 9.74. The second-order valence-corrected chi connectivity index (χ2v) is 8.09. The van der Waals surface area contributed by atoms with Gasteiger partial charge in [-0.2, -0.15) is 13.2 Å². The highest BCUT2D eigenvalue weighted by Crippen LogP contribution is 2.44. The number of hydrogen-bond acceptors (Lipinski definition) is 3. The van der Waals surface area contributed by atoms with Crippen LogP contribution in [-0.4, -0.2) is 29.9 Å². The molecule has 1 amide bonds. The summed E-state index contributed by atoms with van der Waals surface area (Å²) in [6.45, 7) is 6.23. The fourth-order valence-electron chi connectivity index (χ4n) is 3.53. The van der Waals surface area contributed by atoms with Crippen LogP contribution >= 0.6 is 0 Å². The molecule has 0 saturated carbocycles. The molecule has 4 nitrogen and oxygen atoms in total. The fourth-order valence-corrected chi connectivity index (χ4v) is 3.53. The predicted octanol–water partition coefficient (Wildman–Crippen LogP) is 5.05. The van der Waals surface area contributed by atoms with E-state index in [9.17, 15) is 27.5 Å². The molecule has 0 fully saturated rings. The van der Waals surface area contributed by atoms with E-state index < -0.39 is 35.3 Å². The molecule has 0 aliphatic rings. The maximum atomic E-state index is 13.9. The Morgan fingerprint density at radius 1 is 1.07 bits per heavy atom. The van der Waals surface area contributed by atoms with Crippen LogP contribution in [0.4, 0.5) is 23.2 Å². The van der Waals surface area contributed by atoms with E-state index in [1.54, 1.807) is 19.9 Å². The summed E-state index contributed by atoms with van der Waals surface area (Å²) in [6.07, 6.45) is -6.31. The summed E-state index contributed by atoms with van der Waals surface area (Å²) in [4.78, 5) is 12.6. The molecule has 0 aliphatic carbocycles. The number of aryl methyl sites for hydroxylation is 2. The van der Waals surface area contributed by atoms with Crippen LogP contribution in [0.15, 0.2) is 36.4 Å². The summed E-state index contributed by atoms with van der Waals surface area (Å²) in [6, 6.07) is 8.24. The van der Waals surface area contributed by atoms with Gasteiger partial charge in [0.05, 0.1) is 7.11 Å². The number of carbonyl (C=O) groups is 1. The number of carbonyl (C=O) groups excluding carboxylic acids is 1. The van der Waals surface area contributed by atoms with Crippen molar-refractivity contribution in [1.29, 1.82) is 0 Å². The predicted molar refractivity (Wildman–Crippen MR) is 106 cm³/mol. The number of anilines is 1. The number of alkyl halides is 3. The number of methoxy groups -OCH3 is 1.